The Morgan fingerprint density at radius 2 is 2.21 bits per heavy atom. The zero-order chi connectivity index (χ0) is 13.7. The van der Waals surface area contributed by atoms with Crippen molar-refractivity contribution >= 4 is 5.97 Å². The van der Waals surface area contributed by atoms with Gasteiger partial charge in [0.15, 0.2) is 0 Å². The zero-order valence-electron chi connectivity index (χ0n) is 11.1. The van der Waals surface area contributed by atoms with E-state index in [1.165, 1.54) is 0 Å². The molecule has 1 unspecified atom stereocenters. The third kappa shape index (κ3) is 3.08. The van der Waals surface area contributed by atoms with Gasteiger partial charge in [-0.25, -0.2) is 4.79 Å². The van der Waals surface area contributed by atoms with Gasteiger partial charge in [-0.1, -0.05) is 26.2 Å². The highest BCUT2D eigenvalue weighted by Crippen LogP contribution is 2.27. The van der Waals surface area contributed by atoms with E-state index < -0.39 is 5.97 Å². The number of carboxylic acid groups (broad SMARTS) is 1. The normalized spacial score (nSPS) is 12.5. The summed E-state index contributed by atoms with van der Waals surface area (Å²) in [5, 5.41) is 9.22. The molecule has 102 valence electrons. The van der Waals surface area contributed by atoms with Crippen molar-refractivity contribution < 1.29 is 14.3 Å². The predicted molar refractivity (Wildman–Crippen MR) is 72.4 cm³/mol. The number of carbonyl (C=O) groups is 1. The fourth-order valence-electron chi connectivity index (χ4n) is 2.33. The van der Waals surface area contributed by atoms with E-state index in [2.05, 4.69) is 6.92 Å². The molecular formula is C15H19NO3. The van der Waals surface area contributed by atoms with E-state index >= 15 is 0 Å². The highest BCUT2D eigenvalue weighted by Gasteiger charge is 2.20. The molecule has 2 aromatic heterocycles. The molecule has 0 aromatic carbocycles. The lowest BCUT2D eigenvalue weighted by Crippen LogP contribution is -2.15. The summed E-state index contributed by atoms with van der Waals surface area (Å²) in [6.45, 7) is 2.15. The predicted octanol–water partition coefficient (Wildman–Crippen LogP) is 3.95. The van der Waals surface area contributed by atoms with E-state index in [1.54, 1.807) is 23.0 Å². The highest BCUT2D eigenvalue weighted by molar-refractivity contribution is 5.85. The smallest absolute Gasteiger partial charge is 0.352 e. The summed E-state index contributed by atoms with van der Waals surface area (Å²) < 4.78 is 7.26. The first-order valence-electron chi connectivity index (χ1n) is 6.67. The van der Waals surface area contributed by atoms with Gasteiger partial charge in [-0.3, -0.25) is 0 Å². The lowest BCUT2D eigenvalue weighted by atomic mass is 10.1. The van der Waals surface area contributed by atoms with Gasteiger partial charge < -0.3 is 14.1 Å². The maximum absolute atomic E-state index is 11.2. The molecule has 0 radical (unpaired) electrons. The van der Waals surface area contributed by atoms with Crippen molar-refractivity contribution in [2.45, 2.75) is 38.6 Å². The second-order valence-electron chi connectivity index (χ2n) is 4.63. The Morgan fingerprint density at radius 1 is 1.37 bits per heavy atom. The quantitative estimate of drug-likeness (QED) is 0.768. The molecule has 0 amide bonds. The topological polar surface area (TPSA) is 55.4 Å². The van der Waals surface area contributed by atoms with Crippen molar-refractivity contribution in [2.75, 3.05) is 0 Å². The lowest BCUT2D eigenvalue weighted by molar-refractivity contribution is 0.0683. The number of hydrogen-bond donors (Lipinski definition) is 1. The Morgan fingerprint density at radius 3 is 2.84 bits per heavy atom. The molecule has 2 aromatic rings. The third-order valence-corrected chi connectivity index (χ3v) is 3.29. The molecule has 1 atom stereocenters. The number of nitrogens with zero attached hydrogens (tertiary/aromatic N) is 1. The average molecular weight is 261 g/mol. The van der Waals surface area contributed by atoms with Gasteiger partial charge in [0, 0.05) is 6.20 Å². The number of unbranched alkanes of at least 4 members (excludes halogenated alkanes) is 2. The van der Waals surface area contributed by atoms with E-state index in [0.29, 0.717) is 5.69 Å². The van der Waals surface area contributed by atoms with E-state index in [-0.39, 0.29) is 6.04 Å². The van der Waals surface area contributed by atoms with Crippen molar-refractivity contribution in [2.24, 2.45) is 0 Å². The minimum Gasteiger partial charge on any atom is -0.477 e. The van der Waals surface area contributed by atoms with Crippen LogP contribution >= 0.6 is 0 Å². The van der Waals surface area contributed by atoms with Gasteiger partial charge >= 0.3 is 5.97 Å². The van der Waals surface area contributed by atoms with E-state index in [9.17, 15) is 9.90 Å². The van der Waals surface area contributed by atoms with Gasteiger partial charge in [0.2, 0.25) is 0 Å². The van der Waals surface area contributed by atoms with Crippen molar-refractivity contribution in [3.05, 3.63) is 48.2 Å². The monoisotopic (exact) mass is 261 g/mol. The van der Waals surface area contributed by atoms with Crippen molar-refractivity contribution in [1.82, 2.24) is 4.57 Å². The second kappa shape index (κ2) is 6.27. The van der Waals surface area contributed by atoms with Crippen LogP contribution in [0.25, 0.3) is 0 Å². The fourth-order valence-corrected chi connectivity index (χ4v) is 2.33. The SMILES string of the molecule is CCCCCC(c1ccco1)n1cccc1C(=O)O. The summed E-state index contributed by atoms with van der Waals surface area (Å²) in [6.07, 6.45) is 7.66. The number of aromatic nitrogens is 1. The Bertz CT molecular complexity index is 513. The van der Waals surface area contributed by atoms with Crippen molar-refractivity contribution in [1.29, 1.82) is 0 Å². The Kier molecular flexibility index (Phi) is 4.44. The summed E-state index contributed by atoms with van der Waals surface area (Å²) in [4.78, 5) is 11.2. The van der Waals surface area contributed by atoms with Crippen LogP contribution < -0.4 is 0 Å². The minimum atomic E-state index is -0.906. The average Bonchev–Trinajstić information content (AvgIpc) is 3.05. The van der Waals surface area contributed by atoms with Gasteiger partial charge in [0.05, 0.1) is 12.3 Å². The van der Waals surface area contributed by atoms with E-state index in [4.69, 9.17) is 4.42 Å². The number of rotatable bonds is 7. The minimum absolute atomic E-state index is 0.0392. The number of furan rings is 1. The molecule has 2 heterocycles. The molecule has 0 saturated heterocycles. The molecule has 19 heavy (non-hydrogen) atoms. The molecule has 0 aliphatic carbocycles. The molecule has 0 aliphatic heterocycles. The first-order valence-corrected chi connectivity index (χ1v) is 6.67. The van der Waals surface area contributed by atoms with Gasteiger partial charge in [-0.15, -0.1) is 0 Å². The highest BCUT2D eigenvalue weighted by atomic mass is 16.4. The molecule has 0 fully saturated rings. The van der Waals surface area contributed by atoms with Crippen LogP contribution in [-0.2, 0) is 0 Å². The van der Waals surface area contributed by atoms with Crippen LogP contribution in [0.5, 0.6) is 0 Å². The second-order valence-corrected chi connectivity index (χ2v) is 4.63. The first-order chi connectivity index (χ1) is 9.24. The molecule has 4 heteroatoms. The van der Waals surface area contributed by atoms with E-state index in [1.807, 2.05) is 18.3 Å². The Labute approximate surface area is 112 Å². The van der Waals surface area contributed by atoms with Crippen LogP contribution in [0.1, 0.15) is 54.9 Å². The summed E-state index contributed by atoms with van der Waals surface area (Å²) in [5.41, 5.74) is 0.304. The zero-order valence-corrected chi connectivity index (χ0v) is 11.1. The van der Waals surface area contributed by atoms with Gasteiger partial charge in [-0.05, 0) is 30.7 Å². The molecule has 2 rings (SSSR count). The van der Waals surface area contributed by atoms with Crippen molar-refractivity contribution in [3.8, 4) is 0 Å². The van der Waals surface area contributed by atoms with Gasteiger partial charge in [0.25, 0.3) is 0 Å². The van der Waals surface area contributed by atoms with Crippen molar-refractivity contribution in [3.63, 3.8) is 0 Å². The number of aromatic carboxylic acids is 1. The standard InChI is InChI=1S/C15H19NO3/c1-2-3-4-7-12(14-9-6-11-19-14)16-10-5-8-13(16)15(17)18/h5-6,8-12H,2-4,7H2,1H3,(H,17,18). The summed E-state index contributed by atoms with van der Waals surface area (Å²) in [6, 6.07) is 7.09. The number of hydrogen-bond acceptors (Lipinski definition) is 2. The largest absolute Gasteiger partial charge is 0.477 e. The third-order valence-electron chi connectivity index (χ3n) is 3.29. The summed E-state index contributed by atoms with van der Waals surface area (Å²) >= 11 is 0. The van der Waals surface area contributed by atoms with Crippen LogP contribution in [0.4, 0.5) is 0 Å². The molecule has 0 aliphatic rings. The maximum Gasteiger partial charge on any atom is 0.352 e. The van der Waals surface area contributed by atoms with Gasteiger partial charge in [0.1, 0.15) is 11.5 Å². The Balaban J connectivity index is 2.26. The number of carboxylic acids is 1. The molecular weight excluding hydrogens is 242 g/mol. The maximum atomic E-state index is 11.2. The van der Waals surface area contributed by atoms with Crippen LogP contribution in [-0.4, -0.2) is 15.6 Å². The summed E-state index contributed by atoms with van der Waals surface area (Å²) in [7, 11) is 0. The van der Waals surface area contributed by atoms with Crippen LogP contribution in [0.2, 0.25) is 0 Å². The molecule has 0 bridgehead atoms. The Hall–Kier alpha value is -1.97. The molecule has 4 nitrogen and oxygen atoms in total. The summed E-state index contributed by atoms with van der Waals surface area (Å²) in [5.74, 6) is -0.0909. The fraction of sp³-hybridized carbons (Fsp3) is 0.400. The van der Waals surface area contributed by atoms with Crippen LogP contribution in [0.15, 0.2) is 41.1 Å². The van der Waals surface area contributed by atoms with Crippen LogP contribution in [0.3, 0.4) is 0 Å². The molecule has 0 spiro atoms. The molecule has 1 N–H and O–H groups in total. The van der Waals surface area contributed by atoms with E-state index in [0.717, 1.165) is 31.4 Å². The molecule has 0 saturated carbocycles. The van der Waals surface area contributed by atoms with Gasteiger partial charge in [-0.2, -0.15) is 0 Å². The lowest BCUT2D eigenvalue weighted by Gasteiger charge is -2.18. The first kappa shape index (κ1) is 13.5. The van der Waals surface area contributed by atoms with Crippen LogP contribution in [0, 0.1) is 0 Å².